The summed E-state index contributed by atoms with van der Waals surface area (Å²) in [6, 6.07) is 0.476. The van der Waals surface area contributed by atoms with Crippen LogP contribution >= 0.6 is 0 Å². The van der Waals surface area contributed by atoms with E-state index in [2.05, 4.69) is 21.0 Å². The second-order valence-corrected chi connectivity index (χ2v) is 4.54. The van der Waals surface area contributed by atoms with Crippen molar-refractivity contribution in [2.75, 3.05) is 20.6 Å². The molecular weight excluding hydrogens is 150 g/mol. The zero-order valence-corrected chi connectivity index (χ0v) is 8.58. The van der Waals surface area contributed by atoms with Gasteiger partial charge in [0.25, 0.3) is 0 Å². The fourth-order valence-electron chi connectivity index (χ4n) is 2.32. The lowest BCUT2D eigenvalue weighted by Gasteiger charge is -2.43. The molecule has 1 saturated heterocycles. The molecule has 2 heteroatoms. The lowest BCUT2D eigenvalue weighted by atomic mass is 9.94. The second-order valence-electron chi connectivity index (χ2n) is 4.54. The van der Waals surface area contributed by atoms with Gasteiger partial charge in [-0.3, -0.25) is 0 Å². The monoisotopic (exact) mass is 172 g/mol. The van der Waals surface area contributed by atoms with Gasteiger partial charge in [0.1, 0.15) is 12.1 Å². The van der Waals surface area contributed by atoms with Gasteiger partial charge in [0, 0.05) is 6.42 Å². The summed E-state index contributed by atoms with van der Waals surface area (Å²) >= 11 is 0. The van der Waals surface area contributed by atoms with Crippen molar-refractivity contribution in [3.63, 3.8) is 0 Å². The van der Waals surface area contributed by atoms with E-state index in [1.165, 1.54) is 25.8 Å². The van der Waals surface area contributed by atoms with Crippen LogP contribution in [0.2, 0.25) is 0 Å². The number of rotatable bonds is 2. The molecular formula is C10H22NO+. The quantitative estimate of drug-likeness (QED) is 0.624. The summed E-state index contributed by atoms with van der Waals surface area (Å²) in [6.07, 6.45) is 4.61. The van der Waals surface area contributed by atoms with Crippen LogP contribution in [0.3, 0.4) is 0 Å². The lowest BCUT2D eigenvalue weighted by Crippen LogP contribution is -2.56. The van der Waals surface area contributed by atoms with Gasteiger partial charge in [-0.1, -0.05) is 6.92 Å². The van der Waals surface area contributed by atoms with E-state index in [1.807, 2.05) is 0 Å². The van der Waals surface area contributed by atoms with Gasteiger partial charge < -0.3 is 9.59 Å². The van der Waals surface area contributed by atoms with Crippen LogP contribution < -0.4 is 0 Å². The number of likely N-dealkylation sites (N-methyl/N-ethyl adjacent to an activating group) is 1. The minimum Gasteiger partial charge on any atom is -0.387 e. The normalized spacial score (nSPS) is 31.5. The molecule has 2 atom stereocenters. The molecule has 0 bridgehead atoms. The van der Waals surface area contributed by atoms with E-state index in [9.17, 15) is 5.11 Å². The number of aliphatic hydroxyl groups excluding tert-OH is 1. The lowest BCUT2D eigenvalue weighted by molar-refractivity contribution is -0.923. The Morgan fingerprint density at radius 2 is 2.08 bits per heavy atom. The zero-order valence-electron chi connectivity index (χ0n) is 8.58. The van der Waals surface area contributed by atoms with Crippen molar-refractivity contribution in [1.29, 1.82) is 0 Å². The van der Waals surface area contributed by atoms with Crippen molar-refractivity contribution < 1.29 is 9.59 Å². The molecule has 1 heterocycles. The molecule has 1 aliphatic rings. The Morgan fingerprint density at radius 3 is 2.58 bits per heavy atom. The third-order valence-electron chi connectivity index (χ3n) is 3.24. The predicted molar refractivity (Wildman–Crippen MR) is 50.9 cm³/mol. The van der Waals surface area contributed by atoms with Crippen LogP contribution in [0.1, 0.15) is 32.6 Å². The molecule has 0 aromatic heterocycles. The fraction of sp³-hybridized carbons (Fsp3) is 1.00. The first-order valence-corrected chi connectivity index (χ1v) is 5.08. The standard InChI is InChI=1S/C10H22NO/c1-4-10(12)9-7-5-6-8-11(9,2)3/h9-10,12H,4-8H2,1-3H3/q+1. The number of likely N-dealkylation sites (tertiary alicyclic amines) is 1. The first-order chi connectivity index (χ1) is 5.58. The molecule has 1 rings (SSSR count). The van der Waals surface area contributed by atoms with Crippen molar-refractivity contribution in [3.05, 3.63) is 0 Å². The Kier molecular flexibility index (Phi) is 3.13. The highest BCUT2D eigenvalue weighted by Gasteiger charge is 2.35. The largest absolute Gasteiger partial charge is 0.387 e. The van der Waals surface area contributed by atoms with Gasteiger partial charge in [0.2, 0.25) is 0 Å². The van der Waals surface area contributed by atoms with Gasteiger partial charge in [-0.2, -0.15) is 0 Å². The third-order valence-corrected chi connectivity index (χ3v) is 3.24. The zero-order chi connectivity index (χ0) is 9.19. The van der Waals surface area contributed by atoms with E-state index < -0.39 is 0 Å². The van der Waals surface area contributed by atoms with Crippen molar-refractivity contribution in [3.8, 4) is 0 Å². The maximum Gasteiger partial charge on any atom is 0.115 e. The number of hydrogen-bond acceptors (Lipinski definition) is 1. The van der Waals surface area contributed by atoms with Crippen LogP contribution in [0.5, 0.6) is 0 Å². The molecule has 1 N–H and O–H groups in total. The van der Waals surface area contributed by atoms with Gasteiger partial charge in [-0.15, -0.1) is 0 Å². The van der Waals surface area contributed by atoms with Gasteiger partial charge in [-0.25, -0.2) is 0 Å². The molecule has 0 radical (unpaired) electrons. The number of quaternary nitrogens is 1. The summed E-state index contributed by atoms with van der Waals surface area (Å²) < 4.78 is 1.01. The van der Waals surface area contributed by atoms with Gasteiger partial charge in [-0.05, 0) is 19.3 Å². The van der Waals surface area contributed by atoms with Crippen LogP contribution in [0.25, 0.3) is 0 Å². The molecule has 0 spiro atoms. The minimum atomic E-state index is -0.0969. The number of piperidine rings is 1. The highest BCUT2D eigenvalue weighted by atomic mass is 16.3. The van der Waals surface area contributed by atoms with E-state index in [-0.39, 0.29) is 6.10 Å². The summed E-state index contributed by atoms with van der Waals surface area (Å²) in [7, 11) is 4.48. The Morgan fingerprint density at radius 1 is 1.42 bits per heavy atom. The van der Waals surface area contributed by atoms with Crippen molar-refractivity contribution in [1.82, 2.24) is 0 Å². The average Bonchev–Trinajstić information content (AvgIpc) is 2.02. The van der Waals surface area contributed by atoms with Crippen LogP contribution in [0.15, 0.2) is 0 Å². The van der Waals surface area contributed by atoms with E-state index >= 15 is 0 Å². The first-order valence-electron chi connectivity index (χ1n) is 5.08. The molecule has 1 fully saturated rings. The van der Waals surface area contributed by atoms with E-state index in [1.54, 1.807) is 0 Å². The molecule has 1 aliphatic heterocycles. The van der Waals surface area contributed by atoms with Gasteiger partial charge in [0.05, 0.1) is 20.6 Å². The Hall–Kier alpha value is -0.0800. The summed E-state index contributed by atoms with van der Waals surface area (Å²) in [5.74, 6) is 0. The second kappa shape index (κ2) is 3.75. The molecule has 72 valence electrons. The number of nitrogens with zero attached hydrogens (tertiary/aromatic N) is 1. The van der Waals surface area contributed by atoms with Crippen LogP contribution in [0.4, 0.5) is 0 Å². The van der Waals surface area contributed by atoms with Crippen LogP contribution in [-0.4, -0.2) is 42.4 Å². The predicted octanol–water partition coefficient (Wildman–Crippen LogP) is 1.39. The van der Waals surface area contributed by atoms with Gasteiger partial charge in [0.15, 0.2) is 0 Å². The van der Waals surface area contributed by atoms with Crippen molar-refractivity contribution >= 4 is 0 Å². The molecule has 12 heavy (non-hydrogen) atoms. The summed E-state index contributed by atoms with van der Waals surface area (Å²) in [5, 5.41) is 9.80. The Balaban J connectivity index is 2.59. The van der Waals surface area contributed by atoms with Crippen LogP contribution in [0, 0.1) is 0 Å². The molecule has 0 aliphatic carbocycles. The molecule has 0 aromatic rings. The minimum absolute atomic E-state index is 0.0969. The topological polar surface area (TPSA) is 20.2 Å². The first kappa shape index (κ1) is 10.0. The Labute approximate surface area is 75.8 Å². The van der Waals surface area contributed by atoms with Crippen molar-refractivity contribution in [2.45, 2.75) is 44.8 Å². The summed E-state index contributed by atoms with van der Waals surface area (Å²) in [5.41, 5.74) is 0. The fourth-order valence-corrected chi connectivity index (χ4v) is 2.32. The maximum atomic E-state index is 9.80. The highest BCUT2D eigenvalue weighted by Crippen LogP contribution is 2.24. The van der Waals surface area contributed by atoms with Gasteiger partial charge >= 0.3 is 0 Å². The molecule has 2 nitrogen and oxygen atoms in total. The number of aliphatic hydroxyl groups is 1. The SMILES string of the molecule is CCC(O)C1CCCC[N+]1(C)C. The highest BCUT2D eigenvalue weighted by molar-refractivity contribution is 4.71. The van der Waals surface area contributed by atoms with E-state index in [0.29, 0.717) is 6.04 Å². The number of hydrogen-bond donors (Lipinski definition) is 1. The van der Waals surface area contributed by atoms with E-state index in [4.69, 9.17) is 0 Å². The summed E-state index contributed by atoms with van der Waals surface area (Å²) in [4.78, 5) is 0. The summed E-state index contributed by atoms with van der Waals surface area (Å²) in [6.45, 7) is 3.29. The molecule has 0 saturated carbocycles. The average molecular weight is 172 g/mol. The smallest absolute Gasteiger partial charge is 0.115 e. The molecule has 2 unspecified atom stereocenters. The Bertz CT molecular complexity index is 145. The van der Waals surface area contributed by atoms with E-state index in [0.717, 1.165) is 10.9 Å². The maximum absolute atomic E-state index is 9.80. The third kappa shape index (κ3) is 1.99. The van der Waals surface area contributed by atoms with Crippen molar-refractivity contribution in [2.24, 2.45) is 0 Å². The van der Waals surface area contributed by atoms with Crippen LogP contribution in [-0.2, 0) is 0 Å². The molecule has 0 amide bonds. The molecule has 0 aromatic carbocycles.